The van der Waals surface area contributed by atoms with E-state index in [9.17, 15) is 4.79 Å². The SMILES string of the molecule is CCOC(=O)c1n[nH]nc1-c1ccc(OC)c(OCCC2OCCCO2)c1. The van der Waals surface area contributed by atoms with Crippen LogP contribution in [0.1, 0.15) is 30.3 Å². The van der Waals surface area contributed by atoms with Gasteiger partial charge in [-0.1, -0.05) is 0 Å². The summed E-state index contributed by atoms with van der Waals surface area (Å²) in [6.45, 7) is 3.79. The molecule has 1 aromatic heterocycles. The molecule has 1 aliphatic heterocycles. The fourth-order valence-electron chi connectivity index (χ4n) is 2.68. The summed E-state index contributed by atoms with van der Waals surface area (Å²) in [5.41, 5.74) is 1.17. The van der Waals surface area contributed by atoms with E-state index in [4.69, 9.17) is 23.7 Å². The van der Waals surface area contributed by atoms with Crippen LogP contribution < -0.4 is 9.47 Å². The molecule has 1 saturated heterocycles. The maximum Gasteiger partial charge on any atom is 0.361 e. The van der Waals surface area contributed by atoms with E-state index in [0.29, 0.717) is 49.0 Å². The van der Waals surface area contributed by atoms with Gasteiger partial charge in [-0.2, -0.15) is 10.3 Å². The van der Waals surface area contributed by atoms with E-state index < -0.39 is 5.97 Å². The maximum atomic E-state index is 12.0. The molecule has 9 nitrogen and oxygen atoms in total. The third kappa shape index (κ3) is 4.75. The summed E-state index contributed by atoms with van der Waals surface area (Å²) in [5.74, 6) is 0.570. The molecule has 1 N–H and O–H groups in total. The van der Waals surface area contributed by atoms with Crippen LogP contribution in [0, 0.1) is 0 Å². The van der Waals surface area contributed by atoms with Gasteiger partial charge in [0.1, 0.15) is 5.69 Å². The van der Waals surface area contributed by atoms with Gasteiger partial charge in [-0.15, -0.1) is 5.10 Å². The highest BCUT2D eigenvalue weighted by Crippen LogP contribution is 2.33. The Morgan fingerprint density at radius 3 is 2.81 bits per heavy atom. The number of methoxy groups -OCH3 is 1. The predicted octanol–water partition coefficient (Wildman–Crippen LogP) is 2.19. The van der Waals surface area contributed by atoms with E-state index in [1.807, 2.05) is 0 Å². The fraction of sp³-hybridized carbons (Fsp3) is 0.500. The Morgan fingerprint density at radius 1 is 1.26 bits per heavy atom. The van der Waals surface area contributed by atoms with Crippen LogP contribution in [-0.2, 0) is 14.2 Å². The van der Waals surface area contributed by atoms with E-state index in [2.05, 4.69) is 15.4 Å². The van der Waals surface area contributed by atoms with Crippen molar-refractivity contribution in [1.29, 1.82) is 0 Å². The normalized spacial score (nSPS) is 14.7. The van der Waals surface area contributed by atoms with E-state index in [1.54, 1.807) is 32.2 Å². The maximum absolute atomic E-state index is 12.0. The molecule has 1 aromatic carbocycles. The molecule has 0 spiro atoms. The largest absolute Gasteiger partial charge is 0.493 e. The number of benzene rings is 1. The molecule has 0 radical (unpaired) electrons. The molecule has 1 aliphatic rings. The molecule has 0 saturated carbocycles. The molecular formula is C18H23N3O6. The van der Waals surface area contributed by atoms with Gasteiger partial charge in [0.25, 0.3) is 0 Å². The topological polar surface area (TPSA) is 105 Å². The van der Waals surface area contributed by atoms with Crippen molar-refractivity contribution in [2.75, 3.05) is 33.5 Å². The Bertz CT molecular complexity index is 757. The molecule has 0 aliphatic carbocycles. The van der Waals surface area contributed by atoms with E-state index in [1.165, 1.54) is 0 Å². The molecule has 0 unspecified atom stereocenters. The Kier molecular flexibility index (Phi) is 6.61. The van der Waals surface area contributed by atoms with Gasteiger partial charge in [-0.25, -0.2) is 4.79 Å². The molecule has 2 heterocycles. The van der Waals surface area contributed by atoms with Crippen molar-refractivity contribution >= 4 is 5.97 Å². The zero-order valence-corrected chi connectivity index (χ0v) is 15.4. The highest BCUT2D eigenvalue weighted by Gasteiger charge is 2.21. The van der Waals surface area contributed by atoms with Crippen molar-refractivity contribution in [1.82, 2.24) is 15.4 Å². The van der Waals surface area contributed by atoms with Crippen LogP contribution in [-0.4, -0.2) is 61.2 Å². The number of carbonyl (C=O) groups excluding carboxylic acids is 1. The summed E-state index contributed by atoms with van der Waals surface area (Å²) in [4.78, 5) is 12.0. The summed E-state index contributed by atoms with van der Waals surface area (Å²) in [6, 6.07) is 5.28. The van der Waals surface area contributed by atoms with Crippen molar-refractivity contribution in [3.05, 3.63) is 23.9 Å². The monoisotopic (exact) mass is 377 g/mol. The number of hydrogen-bond donors (Lipinski definition) is 1. The molecule has 3 rings (SSSR count). The number of ether oxygens (including phenoxy) is 5. The second-order valence-corrected chi connectivity index (χ2v) is 5.77. The van der Waals surface area contributed by atoms with Gasteiger partial charge >= 0.3 is 5.97 Å². The second kappa shape index (κ2) is 9.33. The number of H-pyrrole nitrogens is 1. The van der Waals surface area contributed by atoms with Crippen LogP contribution >= 0.6 is 0 Å². The first-order valence-corrected chi connectivity index (χ1v) is 8.85. The first-order valence-electron chi connectivity index (χ1n) is 8.85. The van der Waals surface area contributed by atoms with Crippen molar-refractivity contribution < 1.29 is 28.5 Å². The number of nitrogens with one attached hydrogen (secondary N) is 1. The summed E-state index contributed by atoms with van der Waals surface area (Å²) >= 11 is 0. The van der Waals surface area contributed by atoms with Crippen LogP contribution in [0.3, 0.4) is 0 Å². The molecule has 0 bridgehead atoms. The lowest BCUT2D eigenvalue weighted by molar-refractivity contribution is -0.183. The van der Waals surface area contributed by atoms with Gasteiger partial charge in [0.15, 0.2) is 23.5 Å². The Morgan fingerprint density at radius 2 is 2.07 bits per heavy atom. The van der Waals surface area contributed by atoms with Crippen LogP contribution in [0.15, 0.2) is 18.2 Å². The number of carbonyl (C=O) groups is 1. The Balaban J connectivity index is 1.73. The Labute approximate surface area is 156 Å². The Hall–Kier alpha value is -2.65. The number of esters is 1. The average Bonchev–Trinajstić information content (AvgIpc) is 3.19. The van der Waals surface area contributed by atoms with Crippen LogP contribution in [0.4, 0.5) is 0 Å². The van der Waals surface area contributed by atoms with Crippen LogP contribution in [0.2, 0.25) is 0 Å². The first kappa shape index (κ1) is 19.1. The number of rotatable bonds is 8. The molecule has 0 atom stereocenters. The molecule has 0 amide bonds. The van der Waals surface area contributed by atoms with Crippen LogP contribution in [0.25, 0.3) is 11.3 Å². The molecule has 146 valence electrons. The smallest absolute Gasteiger partial charge is 0.361 e. The van der Waals surface area contributed by atoms with Gasteiger partial charge in [0, 0.05) is 12.0 Å². The van der Waals surface area contributed by atoms with Gasteiger partial charge in [0.2, 0.25) is 0 Å². The van der Waals surface area contributed by atoms with Gasteiger partial charge in [-0.05, 0) is 31.5 Å². The molecule has 1 fully saturated rings. The second-order valence-electron chi connectivity index (χ2n) is 5.77. The number of hydrogen-bond acceptors (Lipinski definition) is 8. The van der Waals surface area contributed by atoms with Crippen molar-refractivity contribution in [2.24, 2.45) is 0 Å². The third-order valence-electron chi connectivity index (χ3n) is 3.96. The summed E-state index contributed by atoms with van der Waals surface area (Å²) in [6.07, 6.45) is 1.26. The minimum absolute atomic E-state index is 0.122. The summed E-state index contributed by atoms with van der Waals surface area (Å²) in [5, 5.41) is 10.4. The molecule has 27 heavy (non-hydrogen) atoms. The lowest BCUT2D eigenvalue weighted by Gasteiger charge is -2.23. The number of nitrogens with zero attached hydrogens (tertiary/aromatic N) is 2. The minimum Gasteiger partial charge on any atom is -0.493 e. The molecular weight excluding hydrogens is 354 g/mol. The minimum atomic E-state index is -0.536. The van der Waals surface area contributed by atoms with E-state index in [-0.39, 0.29) is 18.6 Å². The van der Waals surface area contributed by atoms with Crippen molar-refractivity contribution in [3.8, 4) is 22.8 Å². The summed E-state index contributed by atoms with van der Waals surface area (Å²) in [7, 11) is 1.56. The standard InChI is InChI=1S/C18H23N3O6/c1-3-24-18(22)17-16(19-21-20-17)12-5-6-13(23-2)14(11-12)25-10-7-15-26-8-4-9-27-15/h5-6,11,15H,3-4,7-10H2,1-2H3,(H,19,20,21). The lowest BCUT2D eigenvalue weighted by atomic mass is 10.1. The molecule has 2 aromatic rings. The number of aromatic nitrogens is 3. The number of aromatic amines is 1. The van der Waals surface area contributed by atoms with E-state index >= 15 is 0 Å². The van der Waals surface area contributed by atoms with Gasteiger partial charge < -0.3 is 23.7 Å². The van der Waals surface area contributed by atoms with E-state index in [0.717, 1.165) is 6.42 Å². The van der Waals surface area contributed by atoms with Crippen molar-refractivity contribution in [2.45, 2.75) is 26.1 Å². The predicted molar refractivity (Wildman–Crippen MR) is 94.7 cm³/mol. The third-order valence-corrected chi connectivity index (χ3v) is 3.96. The highest BCUT2D eigenvalue weighted by atomic mass is 16.7. The van der Waals surface area contributed by atoms with Crippen LogP contribution in [0.5, 0.6) is 11.5 Å². The highest BCUT2D eigenvalue weighted by molar-refractivity contribution is 5.94. The first-order chi connectivity index (χ1) is 13.2. The average molecular weight is 377 g/mol. The fourth-order valence-corrected chi connectivity index (χ4v) is 2.68. The lowest BCUT2D eigenvalue weighted by Crippen LogP contribution is -2.26. The van der Waals surface area contributed by atoms with Gasteiger partial charge in [-0.3, -0.25) is 0 Å². The zero-order chi connectivity index (χ0) is 19.1. The quantitative estimate of drug-likeness (QED) is 0.698. The summed E-state index contributed by atoms with van der Waals surface area (Å²) < 4.78 is 27.2. The van der Waals surface area contributed by atoms with Gasteiger partial charge in [0.05, 0.1) is 33.5 Å². The zero-order valence-electron chi connectivity index (χ0n) is 15.4. The molecule has 9 heteroatoms. The van der Waals surface area contributed by atoms with Crippen molar-refractivity contribution in [3.63, 3.8) is 0 Å².